The Morgan fingerprint density at radius 2 is 1.70 bits per heavy atom. The van der Waals surface area contributed by atoms with Crippen molar-refractivity contribution in [3.63, 3.8) is 0 Å². The highest BCUT2D eigenvalue weighted by Crippen LogP contribution is 2.29. The lowest BCUT2D eigenvalue weighted by molar-refractivity contribution is -0.384. The van der Waals surface area contributed by atoms with Crippen molar-refractivity contribution in [1.82, 2.24) is 9.97 Å². The molecule has 0 aliphatic carbocycles. The molecule has 1 N–H and O–H groups in total. The molecule has 132 valence electrons. The van der Waals surface area contributed by atoms with Crippen LogP contribution in [0.3, 0.4) is 0 Å². The summed E-state index contributed by atoms with van der Waals surface area (Å²) in [5, 5.41) is 16.8. The minimum absolute atomic E-state index is 0.0185. The number of aromatic nitrogens is 2. The van der Waals surface area contributed by atoms with Crippen molar-refractivity contribution in [2.45, 2.75) is 6.54 Å². The molecule has 0 radical (unpaired) electrons. The first-order valence-corrected chi connectivity index (χ1v) is 8.50. The van der Waals surface area contributed by atoms with Crippen LogP contribution in [0.25, 0.3) is 22.0 Å². The van der Waals surface area contributed by atoms with Crippen LogP contribution < -0.4 is 5.32 Å². The fraction of sp³-hybridized carbons (Fsp3) is 0.0476. The zero-order valence-electron chi connectivity index (χ0n) is 14.4. The molecule has 6 nitrogen and oxygen atoms in total. The van der Waals surface area contributed by atoms with Gasteiger partial charge in [0, 0.05) is 23.2 Å². The summed E-state index contributed by atoms with van der Waals surface area (Å²) in [5.41, 5.74) is 1.93. The van der Waals surface area contributed by atoms with Crippen molar-refractivity contribution in [2.75, 3.05) is 5.32 Å². The number of benzene rings is 2. The topological polar surface area (TPSA) is 81.0 Å². The van der Waals surface area contributed by atoms with Gasteiger partial charge in [0.25, 0.3) is 5.69 Å². The van der Waals surface area contributed by atoms with Gasteiger partial charge in [0.05, 0.1) is 17.2 Å². The highest BCUT2D eigenvalue weighted by molar-refractivity contribution is 5.84. The van der Waals surface area contributed by atoms with Crippen LogP contribution in [0.5, 0.6) is 0 Å². The zero-order valence-corrected chi connectivity index (χ0v) is 14.4. The molecule has 0 spiro atoms. The molecule has 0 saturated carbocycles. The first-order chi connectivity index (χ1) is 13.2. The predicted octanol–water partition coefficient (Wildman–Crippen LogP) is 4.82. The average Bonchev–Trinajstić information content (AvgIpc) is 2.72. The van der Waals surface area contributed by atoms with Gasteiger partial charge < -0.3 is 5.32 Å². The van der Waals surface area contributed by atoms with Gasteiger partial charge in [-0.15, -0.1) is 0 Å². The molecule has 27 heavy (non-hydrogen) atoms. The first kappa shape index (κ1) is 16.7. The number of nitro groups is 1. The third-order valence-electron chi connectivity index (χ3n) is 4.31. The van der Waals surface area contributed by atoms with E-state index in [0.29, 0.717) is 23.6 Å². The molecule has 0 aliphatic heterocycles. The molecule has 4 rings (SSSR count). The van der Waals surface area contributed by atoms with Crippen LogP contribution in [0.2, 0.25) is 0 Å². The second-order valence-electron chi connectivity index (χ2n) is 6.02. The number of rotatable bonds is 5. The Morgan fingerprint density at radius 3 is 2.52 bits per heavy atom. The van der Waals surface area contributed by atoms with Crippen LogP contribution in [0.4, 0.5) is 11.5 Å². The van der Waals surface area contributed by atoms with E-state index in [2.05, 4.69) is 15.3 Å². The standard InChI is InChI=1S/C21H16N4O2/c26-25(27)19-10-11-20(24-21(19)16-7-2-1-3-8-16)23-14-18-17-9-5-4-6-15(17)12-13-22-18/h1-13H,14H2,(H,23,24). The van der Waals surface area contributed by atoms with Crippen molar-refractivity contribution < 1.29 is 4.92 Å². The van der Waals surface area contributed by atoms with Gasteiger partial charge in [-0.2, -0.15) is 0 Å². The highest BCUT2D eigenvalue weighted by Gasteiger charge is 2.17. The number of pyridine rings is 2. The van der Waals surface area contributed by atoms with E-state index >= 15 is 0 Å². The molecule has 2 aromatic heterocycles. The van der Waals surface area contributed by atoms with Crippen molar-refractivity contribution in [3.8, 4) is 11.3 Å². The molecule has 0 unspecified atom stereocenters. The van der Waals surface area contributed by atoms with Crippen LogP contribution in [-0.4, -0.2) is 14.9 Å². The Labute approximate surface area is 155 Å². The summed E-state index contributed by atoms with van der Waals surface area (Å²) in [4.78, 5) is 19.9. The molecule has 0 bridgehead atoms. The van der Waals surface area contributed by atoms with E-state index in [1.54, 1.807) is 12.3 Å². The van der Waals surface area contributed by atoms with Crippen LogP contribution in [0, 0.1) is 10.1 Å². The molecule has 6 heteroatoms. The van der Waals surface area contributed by atoms with E-state index in [0.717, 1.165) is 16.5 Å². The molecule has 4 aromatic rings. The number of nitrogens with one attached hydrogen (secondary N) is 1. The second kappa shape index (κ2) is 7.21. The summed E-state index contributed by atoms with van der Waals surface area (Å²) >= 11 is 0. The summed E-state index contributed by atoms with van der Waals surface area (Å²) in [6.07, 6.45) is 1.78. The van der Waals surface area contributed by atoms with Gasteiger partial charge in [-0.05, 0) is 17.5 Å². The molecule has 0 saturated heterocycles. The van der Waals surface area contributed by atoms with Gasteiger partial charge in [-0.1, -0.05) is 54.6 Å². The smallest absolute Gasteiger partial charge is 0.295 e. The Bertz CT molecular complexity index is 1110. The summed E-state index contributed by atoms with van der Waals surface area (Å²) < 4.78 is 0. The number of fused-ring (bicyclic) bond motifs is 1. The third kappa shape index (κ3) is 3.46. The normalized spacial score (nSPS) is 10.7. The Kier molecular flexibility index (Phi) is 4.45. The Hall–Kier alpha value is -3.80. The van der Waals surface area contributed by atoms with Gasteiger partial charge in [-0.3, -0.25) is 15.1 Å². The minimum atomic E-state index is -0.411. The fourth-order valence-corrected chi connectivity index (χ4v) is 3.00. The summed E-state index contributed by atoms with van der Waals surface area (Å²) in [6, 6.07) is 22.3. The average molecular weight is 356 g/mol. The van der Waals surface area contributed by atoms with E-state index in [1.165, 1.54) is 6.07 Å². The molecular formula is C21H16N4O2. The van der Waals surface area contributed by atoms with Gasteiger partial charge in [-0.25, -0.2) is 4.98 Å². The van der Waals surface area contributed by atoms with Gasteiger partial charge in [0.15, 0.2) is 5.69 Å². The SMILES string of the molecule is O=[N+]([O-])c1ccc(NCc2nccc3ccccc23)nc1-c1ccccc1. The fourth-order valence-electron chi connectivity index (χ4n) is 3.00. The van der Waals surface area contributed by atoms with Crippen LogP contribution >= 0.6 is 0 Å². The quantitative estimate of drug-likeness (QED) is 0.410. The van der Waals surface area contributed by atoms with E-state index in [-0.39, 0.29) is 5.69 Å². The number of hydrogen-bond acceptors (Lipinski definition) is 5. The van der Waals surface area contributed by atoms with Crippen LogP contribution in [-0.2, 0) is 6.54 Å². The maximum Gasteiger partial charge on any atom is 0.295 e. The molecule has 2 heterocycles. The summed E-state index contributed by atoms with van der Waals surface area (Å²) in [5.74, 6) is 0.564. The maximum absolute atomic E-state index is 11.4. The molecule has 2 aromatic carbocycles. The van der Waals surface area contributed by atoms with E-state index in [1.807, 2.05) is 60.7 Å². The van der Waals surface area contributed by atoms with Gasteiger partial charge in [0.2, 0.25) is 0 Å². The summed E-state index contributed by atoms with van der Waals surface area (Å²) in [6.45, 7) is 0.473. The van der Waals surface area contributed by atoms with Crippen molar-refractivity contribution >= 4 is 22.3 Å². The lowest BCUT2D eigenvalue weighted by Gasteiger charge is -2.10. The third-order valence-corrected chi connectivity index (χ3v) is 4.31. The Balaban J connectivity index is 1.66. The molecular weight excluding hydrogens is 340 g/mol. The van der Waals surface area contributed by atoms with Gasteiger partial charge >= 0.3 is 0 Å². The molecule has 0 amide bonds. The van der Waals surface area contributed by atoms with E-state index in [4.69, 9.17) is 0 Å². The Morgan fingerprint density at radius 1 is 0.926 bits per heavy atom. The number of hydrogen-bond donors (Lipinski definition) is 1. The van der Waals surface area contributed by atoms with Crippen molar-refractivity contribution in [2.24, 2.45) is 0 Å². The number of anilines is 1. The lowest BCUT2D eigenvalue weighted by atomic mass is 10.1. The second-order valence-corrected chi connectivity index (χ2v) is 6.02. The van der Waals surface area contributed by atoms with E-state index < -0.39 is 4.92 Å². The van der Waals surface area contributed by atoms with Gasteiger partial charge in [0.1, 0.15) is 5.82 Å². The van der Waals surface area contributed by atoms with Crippen molar-refractivity contribution in [3.05, 3.63) is 94.8 Å². The highest BCUT2D eigenvalue weighted by atomic mass is 16.6. The first-order valence-electron chi connectivity index (χ1n) is 8.50. The number of nitrogens with zero attached hydrogens (tertiary/aromatic N) is 3. The largest absolute Gasteiger partial charge is 0.364 e. The van der Waals surface area contributed by atoms with Crippen LogP contribution in [0.1, 0.15) is 5.69 Å². The van der Waals surface area contributed by atoms with Crippen LogP contribution in [0.15, 0.2) is 79.0 Å². The monoisotopic (exact) mass is 356 g/mol. The maximum atomic E-state index is 11.4. The zero-order chi connectivity index (χ0) is 18.6. The lowest BCUT2D eigenvalue weighted by Crippen LogP contribution is -2.05. The summed E-state index contributed by atoms with van der Waals surface area (Å²) in [7, 11) is 0. The van der Waals surface area contributed by atoms with E-state index in [9.17, 15) is 10.1 Å². The minimum Gasteiger partial charge on any atom is -0.364 e. The predicted molar refractivity (Wildman–Crippen MR) is 105 cm³/mol. The van der Waals surface area contributed by atoms with Crippen molar-refractivity contribution in [1.29, 1.82) is 0 Å². The molecule has 0 aliphatic rings. The molecule has 0 fully saturated rings. The molecule has 0 atom stereocenters.